The second kappa shape index (κ2) is 5.61. The Morgan fingerprint density at radius 3 is 2.63 bits per heavy atom. The number of aryl methyl sites for hydroxylation is 1. The van der Waals surface area contributed by atoms with E-state index in [1.165, 1.54) is 0 Å². The molecule has 0 heterocycles. The lowest BCUT2D eigenvalue weighted by atomic mass is 10.1. The highest BCUT2D eigenvalue weighted by atomic mass is 32.2. The van der Waals surface area contributed by atoms with Crippen LogP contribution in [0.3, 0.4) is 0 Å². The van der Waals surface area contributed by atoms with E-state index in [-0.39, 0.29) is 0 Å². The first kappa shape index (κ1) is 14.5. The lowest BCUT2D eigenvalue weighted by molar-refractivity contribution is 0.573. The van der Waals surface area contributed by atoms with Crippen molar-refractivity contribution in [2.45, 2.75) is 31.7 Å². The maximum Gasteiger partial charge on any atom is 0.240 e. The van der Waals surface area contributed by atoms with E-state index in [9.17, 15) is 8.42 Å². The van der Waals surface area contributed by atoms with Crippen LogP contribution in [0.15, 0.2) is 23.1 Å². The molecule has 1 fully saturated rings. The molecule has 5 heteroatoms. The molecule has 2 unspecified atom stereocenters. The van der Waals surface area contributed by atoms with Gasteiger partial charge >= 0.3 is 0 Å². The van der Waals surface area contributed by atoms with E-state index in [2.05, 4.69) is 17.0 Å². The van der Waals surface area contributed by atoms with Gasteiger partial charge in [0.25, 0.3) is 0 Å². The molecule has 106 valence electrons. The van der Waals surface area contributed by atoms with Crippen molar-refractivity contribution in [2.24, 2.45) is 11.8 Å². The summed E-state index contributed by atoms with van der Waals surface area (Å²) in [6, 6.07) is 5.57. The number of hydrogen-bond donors (Lipinski definition) is 2. The summed E-state index contributed by atoms with van der Waals surface area (Å²) >= 11 is 0. The fraction of sp³-hybridized carbons (Fsp3) is 0.571. The summed E-state index contributed by atoms with van der Waals surface area (Å²) < 4.78 is 27.4. The van der Waals surface area contributed by atoms with E-state index >= 15 is 0 Å². The fourth-order valence-corrected chi connectivity index (χ4v) is 3.61. The molecule has 0 radical (unpaired) electrons. The fourth-order valence-electron chi connectivity index (χ4n) is 2.23. The Labute approximate surface area is 115 Å². The molecule has 0 bridgehead atoms. The first-order chi connectivity index (χ1) is 8.94. The van der Waals surface area contributed by atoms with Gasteiger partial charge in [-0.15, -0.1) is 0 Å². The standard InChI is InChI=1S/C14H22N2O2S/c1-10-4-5-12(8-15-3)7-14(10)19(17,18)16-9-13-6-11(13)2/h4-5,7,11,13,15-16H,6,8-9H2,1-3H3. The molecule has 2 atom stereocenters. The summed E-state index contributed by atoms with van der Waals surface area (Å²) in [5.41, 5.74) is 1.77. The predicted molar refractivity (Wildman–Crippen MR) is 76.4 cm³/mol. The highest BCUT2D eigenvalue weighted by Crippen LogP contribution is 2.37. The minimum Gasteiger partial charge on any atom is -0.316 e. The summed E-state index contributed by atoms with van der Waals surface area (Å²) in [4.78, 5) is 0.397. The van der Waals surface area contributed by atoms with Crippen molar-refractivity contribution in [3.63, 3.8) is 0 Å². The Balaban J connectivity index is 2.15. The predicted octanol–water partition coefficient (Wildman–Crippen LogP) is 1.65. The third-order valence-electron chi connectivity index (χ3n) is 3.73. The summed E-state index contributed by atoms with van der Waals surface area (Å²) in [5, 5.41) is 3.03. The van der Waals surface area contributed by atoms with Crippen LogP contribution < -0.4 is 10.0 Å². The number of benzene rings is 1. The lowest BCUT2D eigenvalue weighted by Crippen LogP contribution is -2.27. The van der Waals surface area contributed by atoms with Crippen LogP contribution in [-0.4, -0.2) is 22.0 Å². The molecule has 1 aliphatic rings. The van der Waals surface area contributed by atoms with Gasteiger partial charge in [-0.2, -0.15) is 0 Å². The quantitative estimate of drug-likeness (QED) is 0.834. The van der Waals surface area contributed by atoms with Crippen molar-refractivity contribution in [1.82, 2.24) is 10.0 Å². The van der Waals surface area contributed by atoms with Crippen LogP contribution in [0.5, 0.6) is 0 Å². The molecule has 1 aromatic rings. The molecular weight excluding hydrogens is 260 g/mol. The van der Waals surface area contributed by atoms with Crippen molar-refractivity contribution in [3.05, 3.63) is 29.3 Å². The number of nitrogens with one attached hydrogen (secondary N) is 2. The van der Waals surface area contributed by atoms with Crippen molar-refractivity contribution in [1.29, 1.82) is 0 Å². The Hall–Kier alpha value is -0.910. The van der Waals surface area contributed by atoms with E-state index in [1.807, 2.05) is 26.1 Å². The Morgan fingerprint density at radius 1 is 1.37 bits per heavy atom. The molecule has 1 aliphatic carbocycles. The van der Waals surface area contributed by atoms with Crippen LogP contribution in [-0.2, 0) is 16.6 Å². The maximum atomic E-state index is 12.3. The zero-order valence-electron chi connectivity index (χ0n) is 11.7. The van der Waals surface area contributed by atoms with Crippen LogP contribution in [0.2, 0.25) is 0 Å². The Bertz CT molecular complexity index is 555. The number of rotatable bonds is 6. The molecule has 0 aromatic heterocycles. The molecule has 0 amide bonds. The smallest absolute Gasteiger partial charge is 0.240 e. The van der Waals surface area contributed by atoms with Gasteiger partial charge in [-0.3, -0.25) is 0 Å². The molecule has 1 aromatic carbocycles. The minimum absolute atomic E-state index is 0.397. The van der Waals surface area contributed by atoms with Crippen LogP contribution in [0.1, 0.15) is 24.5 Å². The highest BCUT2D eigenvalue weighted by Gasteiger charge is 2.33. The summed E-state index contributed by atoms with van der Waals surface area (Å²) in [6.45, 7) is 5.21. The van der Waals surface area contributed by atoms with Gasteiger partial charge < -0.3 is 5.32 Å². The second-order valence-electron chi connectivity index (χ2n) is 5.46. The zero-order valence-corrected chi connectivity index (χ0v) is 12.5. The molecule has 0 aliphatic heterocycles. The highest BCUT2D eigenvalue weighted by molar-refractivity contribution is 7.89. The van der Waals surface area contributed by atoms with Crippen LogP contribution >= 0.6 is 0 Å². The van der Waals surface area contributed by atoms with Gasteiger partial charge in [0, 0.05) is 13.1 Å². The van der Waals surface area contributed by atoms with Gasteiger partial charge in [0.15, 0.2) is 0 Å². The number of hydrogen-bond acceptors (Lipinski definition) is 3. The van der Waals surface area contributed by atoms with Gasteiger partial charge in [0.05, 0.1) is 4.90 Å². The van der Waals surface area contributed by atoms with Gasteiger partial charge in [-0.25, -0.2) is 13.1 Å². The van der Waals surface area contributed by atoms with Gasteiger partial charge in [-0.1, -0.05) is 19.1 Å². The Morgan fingerprint density at radius 2 is 2.05 bits per heavy atom. The van der Waals surface area contributed by atoms with E-state index < -0.39 is 10.0 Å². The van der Waals surface area contributed by atoms with E-state index in [0.717, 1.165) is 17.5 Å². The molecule has 2 rings (SSSR count). The van der Waals surface area contributed by atoms with Crippen molar-refractivity contribution in [2.75, 3.05) is 13.6 Å². The molecule has 1 saturated carbocycles. The van der Waals surface area contributed by atoms with Gasteiger partial charge in [0.2, 0.25) is 10.0 Å². The SMILES string of the molecule is CNCc1ccc(C)c(S(=O)(=O)NCC2CC2C)c1. The molecule has 0 saturated heterocycles. The average molecular weight is 282 g/mol. The Kier molecular flexibility index (Phi) is 4.28. The molecule has 19 heavy (non-hydrogen) atoms. The van der Waals surface area contributed by atoms with Crippen molar-refractivity contribution < 1.29 is 8.42 Å². The maximum absolute atomic E-state index is 12.3. The van der Waals surface area contributed by atoms with E-state index in [1.54, 1.807) is 6.07 Å². The minimum atomic E-state index is -3.39. The van der Waals surface area contributed by atoms with E-state index in [0.29, 0.717) is 29.8 Å². The largest absolute Gasteiger partial charge is 0.316 e. The third-order valence-corrected chi connectivity index (χ3v) is 5.30. The molecular formula is C14H22N2O2S. The topological polar surface area (TPSA) is 58.2 Å². The van der Waals surface area contributed by atoms with Crippen molar-refractivity contribution >= 4 is 10.0 Å². The summed E-state index contributed by atoms with van der Waals surface area (Å²) in [5.74, 6) is 1.16. The van der Waals surface area contributed by atoms with E-state index in [4.69, 9.17) is 0 Å². The zero-order chi connectivity index (χ0) is 14.0. The second-order valence-corrected chi connectivity index (χ2v) is 7.19. The first-order valence-electron chi connectivity index (χ1n) is 6.68. The van der Waals surface area contributed by atoms with Crippen LogP contribution in [0, 0.1) is 18.8 Å². The van der Waals surface area contributed by atoms with Gasteiger partial charge in [0.1, 0.15) is 0 Å². The molecule has 0 spiro atoms. The first-order valence-corrected chi connectivity index (χ1v) is 8.16. The lowest BCUT2D eigenvalue weighted by Gasteiger charge is -2.11. The number of sulfonamides is 1. The average Bonchev–Trinajstić information content (AvgIpc) is 3.06. The summed E-state index contributed by atoms with van der Waals surface area (Å²) in [7, 11) is -1.54. The molecule has 4 nitrogen and oxygen atoms in total. The van der Waals surface area contributed by atoms with Crippen LogP contribution in [0.25, 0.3) is 0 Å². The normalized spacial score (nSPS) is 22.5. The summed E-state index contributed by atoms with van der Waals surface area (Å²) in [6.07, 6.45) is 1.13. The monoisotopic (exact) mass is 282 g/mol. The third kappa shape index (κ3) is 3.55. The van der Waals surface area contributed by atoms with Crippen LogP contribution in [0.4, 0.5) is 0 Å². The van der Waals surface area contributed by atoms with Gasteiger partial charge in [-0.05, 0) is 49.4 Å². The van der Waals surface area contributed by atoms with Crippen molar-refractivity contribution in [3.8, 4) is 0 Å². The molecule has 2 N–H and O–H groups in total.